The Morgan fingerprint density at radius 3 is 2.06 bits per heavy atom. The van der Waals surface area contributed by atoms with E-state index in [-0.39, 0.29) is 5.75 Å². The monoisotopic (exact) mass is 248 g/mol. The van der Waals surface area contributed by atoms with Gasteiger partial charge in [-0.05, 0) is 25.0 Å². The Morgan fingerprint density at radius 2 is 1.69 bits per heavy atom. The first-order valence-corrected chi connectivity index (χ1v) is 6.94. The van der Waals surface area contributed by atoms with Gasteiger partial charge in [-0.25, -0.2) is 0 Å². The van der Waals surface area contributed by atoms with Crippen LogP contribution in [0.1, 0.15) is 12.8 Å². The first kappa shape index (κ1) is 15.3. The molecule has 0 atom stereocenters. The lowest BCUT2D eigenvalue weighted by atomic mass is 10.2. The first-order valence-electron chi connectivity index (χ1n) is 5.33. The Bertz CT molecular complexity index is 312. The van der Waals surface area contributed by atoms with Crippen molar-refractivity contribution in [2.45, 2.75) is 12.8 Å². The van der Waals surface area contributed by atoms with E-state index in [1.54, 1.807) is 0 Å². The van der Waals surface area contributed by atoms with Crippen molar-refractivity contribution in [3.63, 3.8) is 0 Å². The van der Waals surface area contributed by atoms with Crippen LogP contribution in [-0.2, 0) is 10.1 Å². The molecule has 16 heavy (non-hydrogen) atoms. The summed E-state index contributed by atoms with van der Waals surface area (Å²) in [5, 5.41) is 0. The summed E-state index contributed by atoms with van der Waals surface area (Å²) >= 11 is 0. The van der Waals surface area contributed by atoms with Crippen LogP contribution in [0.5, 0.6) is 0 Å². The Balaban J connectivity index is 4.03. The minimum Gasteiger partial charge on any atom is -0.320 e. The summed E-state index contributed by atoms with van der Waals surface area (Å²) < 4.78 is 30.4. The van der Waals surface area contributed by atoms with Gasteiger partial charge in [-0.2, -0.15) is 8.42 Å². The molecule has 94 valence electrons. The Morgan fingerprint density at radius 1 is 1.19 bits per heavy atom. The zero-order valence-electron chi connectivity index (χ0n) is 9.93. The molecular formula is C11H22NO3S+. The standard InChI is InChI=1S/C11H21NO3S/c1-4-8-12(3,9-5-2)10-6-7-11-16(13,14)15/h4-5H,1-2,6-11H2,3H3/p+1. The van der Waals surface area contributed by atoms with Crippen molar-refractivity contribution in [2.24, 2.45) is 0 Å². The molecule has 0 unspecified atom stereocenters. The van der Waals surface area contributed by atoms with Crippen molar-refractivity contribution in [2.75, 3.05) is 32.4 Å². The zero-order valence-corrected chi connectivity index (χ0v) is 10.7. The summed E-state index contributed by atoms with van der Waals surface area (Å²) in [6.45, 7) is 9.94. The molecule has 0 fully saturated rings. The maximum absolute atomic E-state index is 10.5. The molecule has 0 radical (unpaired) electrons. The van der Waals surface area contributed by atoms with Crippen LogP contribution in [0.2, 0.25) is 0 Å². The summed E-state index contributed by atoms with van der Waals surface area (Å²) in [6.07, 6.45) is 4.96. The summed E-state index contributed by atoms with van der Waals surface area (Å²) in [5.74, 6) is -0.158. The maximum atomic E-state index is 10.5. The lowest BCUT2D eigenvalue weighted by Gasteiger charge is -2.32. The van der Waals surface area contributed by atoms with Crippen LogP contribution >= 0.6 is 0 Å². The molecule has 0 aliphatic rings. The molecule has 0 saturated carbocycles. The fraction of sp³-hybridized carbons (Fsp3) is 0.636. The molecule has 0 aromatic carbocycles. The number of nitrogens with zero attached hydrogens (tertiary/aromatic N) is 1. The van der Waals surface area contributed by atoms with E-state index >= 15 is 0 Å². The topological polar surface area (TPSA) is 54.4 Å². The third kappa shape index (κ3) is 7.62. The molecule has 0 aromatic heterocycles. The van der Waals surface area contributed by atoms with E-state index in [0.717, 1.165) is 30.5 Å². The predicted octanol–water partition coefficient (Wildman–Crippen LogP) is 1.47. The predicted molar refractivity (Wildman–Crippen MR) is 66.8 cm³/mol. The van der Waals surface area contributed by atoms with E-state index in [0.29, 0.717) is 6.42 Å². The molecule has 0 spiro atoms. The van der Waals surface area contributed by atoms with Gasteiger partial charge in [0.1, 0.15) is 0 Å². The molecule has 0 rings (SSSR count). The van der Waals surface area contributed by atoms with Gasteiger partial charge < -0.3 is 4.48 Å². The molecule has 5 heteroatoms. The van der Waals surface area contributed by atoms with Gasteiger partial charge in [0.2, 0.25) is 0 Å². The van der Waals surface area contributed by atoms with Crippen LogP contribution in [0.25, 0.3) is 0 Å². The number of quaternary nitrogens is 1. The van der Waals surface area contributed by atoms with Gasteiger partial charge in [0.05, 0.1) is 32.4 Å². The number of rotatable bonds is 9. The van der Waals surface area contributed by atoms with Crippen molar-refractivity contribution in [3.05, 3.63) is 25.3 Å². The molecule has 0 saturated heterocycles. The fourth-order valence-corrected chi connectivity index (χ4v) is 2.23. The van der Waals surface area contributed by atoms with Gasteiger partial charge in [-0.1, -0.05) is 13.2 Å². The number of likely N-dealkylation sites (N-methyl/N-ethyl adjacent to an activating group) is 1. The normalized spacial score (nSPS) is 12.4. The van der Waals surface area contributed by atoms with Gasteiger partial charge >= 0.3 is 0 Å². The highest BCUT2D eigenvalue weighted by atomic mass is 32.2. The average molecular weight is 248 g/mol. The van der Waals surface area contributed by atoms with Crippen molar-refractivity contribution in [3.8, 4) is 0 Å². The summed E-state index contributed by atoms with van der Waals surface area (Å²) in [6, 6.07) is 0. The Labute approximate surface area is 98.6 Å². The molecule has 0 heterocycles. The lowest BCUT2D eigenvalue weighted by molar-refractivity contribution is -0.898. The van der Waals surface area contributed by atoms with Gasteiger partial charge in [0.25, 0.3) is 10.1 Å². The smallest absolute Gasteiger partial charge is 0.264 e. The number of hydrogen-bond donors (Lipinski definition) is 1. The van der Waals surface area contributed by atoms with E-state index in [1.165, 1.54) is 0 Å². The molecular weight excluding hydrogens is 226 g/mol. The van der Waals surface area contributed by atoms with Gasteiger partial charge in [0, 0.05) is 0 Å². The largest absolute Gasteiger partial charge is 0.320 e. The number of hydrogen-bond acceptors (Lipinski definition) is 2. The molecule has 0 amide bonds. The lowest BCUT2D eigenvalue weighted by Crippen LogP contribution is -2.45. The van der Waals surface area contributed by atoms with Crippen LogP contribution in [0.4, 0.5) is 0 Å². The van der Waals surface area contributed by atoms with Crippen molar-refractivity contribution in [1.29, 1.82) is 0 Å². The molecule has 0 bridgehead atoms. The quantitative estimate of drug-likeness (QED) is 0.291. The van der Waals surface area contributed by atoms with Gasteiger partial charge in [0.15, 0.2) is 0 Å². The number of unbranched alkanes of at least 4 members (excludes halogenated alkanes) is 1. The van der Waals surface area contributed by atoms with E-state index in [4.69, 9.17) is 4.55 Å². The van der Waals surface area contributed by atoms with Crippen molar-refractivity contribution in [1.82, 2.24) is 0 Å². The SMILES string of the molecule is C=CC[N+](C)(CC=C)CCCCS(=O)(=O)O. The second-order valence-electron chi connectivity index (χ2n) is 4.28. The minimum atomic E-state index is -3.81. The zero-order chi connectivity index (χ0) is 12.7. The van der Waals surface area contributed by atoms with Gasteiger partial charge in [-0.15, -0.1) is 0 Å². The van der Waals surface area contributed by atoms with Crippen molar-refractivity contribution >= 4 is 10.1 Å². The van der Waals surface area contributed by atoms with Crippen LogP contribution in [-0.4, -0.2) is 49.9 Å². The van der Waals surface area contributed by atoms with E-state index in [9.17, 15) is 8.42 Å². The van der Waals surface area contributed by atoms with Crippen molar-refractivity contribution < 1.29 is 17.5 Å². The average Bonchev–Trinajstić information content (AvgIpc) is 2.12. The van der Waals surface area contributed by atoms with E-state index in [2.05, 4.69) is 20.2 Å². The third-order valence-electron chi connectivity index (χ3n) is 2.49. The van der Waals surface area contributed by atoms with Crippen LogP contribution < -0.4 is 0 Å². The van der Waals surface area contributed by atoms with Crippen LogP contribution in [0, 0.1) is 0 Å². The summed E-state index contributed by atoms with van der Waals surface area (Å²) in [4.78, 5) is 0. The van der Waals surface area contributed by atoms with Gasteiger partial charge in [-0.3, -0.25) is 4.55 Å². The maximum Gasteiger partial charge on any atom is 0.264 e. The minimum absolute atomic E-state index is 0.158. The van der Waals surface area contributed by atoms with E-state index in [1.807, 2.05) is 12.2 Å². The second-order valence-corrected chi connectivity index (χ2v) is 5.85. The Kier molecular flexibility index (Phi) is 6.55. The molecule has 0 aromatic rings. The van der Waals surface area contributed by atoms with E-state index < -0.39 is 10.1 Å². The second kappa shape index (κ2) is 6.83. The van der Waals surface area contributed by atoms with Crippen LogP contribution in [0.15, 0.2) is 25.3 Å². The molecule has 0 aliphatic carbocycles. The first-order chi connectivity index (χ1) is 7.33. The highest BCUT2D eigenvalue weighted by molar-refractivity contribution is 7.85. The van der Waals surface area contributed by atoms with Crippen LogP contribution in [0.3, 0.4) is 0 Å². The summed E-state index contributed by atoms with van der Waals surface area (Å²) in [7, 11) is -1.73. The Hall–Kier alpha value is -0.650. The molecule has 4 nitrogen and oxygen atoms in total. The highest BCUT2D eigenvalue weighted by Gasteiger charge is 2.17. The fourth-order valence-electron chi connectivity index (χ4n) is 1.66. The molecule has 1 N–H and O–H groups in total. The molecule has 0 aliphatic heterocycles. The highest BCUT2D eigenvalue weighted by Crippen LogP contribution is 2.07. The summed E-state index contributed by atoms with van der Waals surface area (Å²) in [5.41, 5.74) is 0. The third-order valence-corrected chi connectivity index (χ3v) is 3.29.